The van der Waals surface area contributed by atoms with Crippen molar-refractivity contribution in [1.82, 2.24) is 5.32 Å². The molecule has 4 rings (SSSR count). The fraction of sp³-hybridized carbons (Fsp3) is 0.250. The van der Waals surface area contributed by atoms with Crippen molar-refractivity contribution in [2.45, 2.75) is 39.8 Å². The Hall–Kier alpha value is -2.47. The molecular formula is C24H21ClF4N2O3S2. The van der Waals surface area contributed by atoms with Gasteiger partial charge in [0.05, 0.1) is 16.3 Å². The Kier molecular flexibility index (Phi) is 7.47. The van der Waals surface area contributed by atoms with E-state index in [0.717, 1.165) is 23.1 Å². The van der Waals surface area contributed by atoms with Crippen molar-refractivity contribution in [3.8, 4) is 5.75 Å². The van der Waals surface area contributed by atoms with Crippen LogP contribution in [0, 0.1) is 5.82 Å². The molecule has 0 saturated carbocycles. The summed E-state index contributed by atoms with van der Waals surface area (Å²) in [6, 6.07) is 12.9. The van der Waals surface area contributed by atoms with Crippen LogP contribution in [0.5, 0.6) is 5.75 Å². The van der Waals surface area contributed by atoms with Gasteiger partial charge in [-0.1, -0.05) is 23.4 Å². The molecule has 0 aliphatic carbocycles. The Labute approximate surface area is 215 Å². The van der Waals surface area contributed by atoms with Crippen LogP contribution in [-0.2, 0) is 16.2 Å². The van der Waals surface area contributed by atoms with E-state index in [1.165, 1.54) is 42.1 Å². The second-order valence-electron chi connectivity index (χ2n) is 8.44. The molecule has 3 aromatic rings. The summed E-state index contributed by atoms with van der Waals surface area (Å²) in [6.45, 7) is 2.64. The van der Waals surface area contributed by atoms with E-state index < -0.39 is 33.1 Å². The van der Waals surface area contributed by atoms with E-state index in [1.807, 2.05) is 0 Å². The van der Waals surface area contributed by atoms with Crippen LogP contribution in [0.2, 0.25) is 5.02 Å². The maximum absolute atomic E-state index is 13.6. The summed E-state index contributed by atoms with van der Waals surface area (Å²) < 4.78 is 87.9. The molecule has 2 N–H and O–H groups in total. The van der Waals surface area contributed by atoms with Crippen molar-refractivity contribution in [3.63, 3.8) is 0 Å². The molecule has 36 heavy (non-hydrogen) atoms. The Balaban J connectivity index is 1.58. The van der Waals surface area contributed by atoms with Gasteiger partial charge in [-0.2, -0.15) is 13.2 Å². The highest BCUT2D eigenvalue weighted by atomic mass is 35.5. The minimum atomic E-state index is -4.68. The molecule has 1 atom stereocenters. The van der Waals surface area contributed by atoms with E-state index in [-0.39, 0.29) is 21.4 Å². The summed E-state index contributed by atoms with van der Waals surface area (Å²) in [6.07, 6.45) is -4.19. The van der Waals surface area contributed by atoms with E-state index >= 15 is 0 Å². The third-order valence-electron chi connectivity index (χ3n) is 5.47. The number of benzene rings is 3. The topological polar surface area (TPSA) is 67.4 Å². The third kappa shape index (κ3) is 6.26. The van der Waals surface area contributed by atoms with Crippen molar-refractivity contribution in [3.05, 3.63) is 77.1 Å². The van der Waals surface area contributed by atoms with Crippen LogP contribution in [-0.4, -0.2) is 27.1 Å². The highest BCUT2D eigenvalue weighted by molar-refractivity contribution is 7.99. The van der Waals surface area contributed by atoms with Crippen molar-refractivity contribution in [2.75, 3.05) is 17.8 Å². The van der Waals surface area contributed by atoms with E-state index in [9.17, 15) is 26.0 Å². The SMILES string of the molecule is C[C@@]1(Oc2cc(NS(=O)(=O)c3ccc(Sc4ccc(F)cc4)cc3Cl)ccc2C(F)(F)F)CCNC1. The molecule has 3 aromatic carbocycles. The van der Waals surface area contributed by atoms with E-state index in [4.69, 9.17) is 16.3 Å². The summed E-state index contributed by atoms with van der Waals surface area (Å²) in [5.74, 6) is -0.846. The summed E-state index contributed by atoms with van der Waals surface area (Å²) in [4.78, 5) is 1.10. The van der Waals surface area contributed by atoms with Gasteiger partial charge in [-0.3, -0.25) is 4.72 Å². The average Bonchev–Trinajstić information content (AvgIpc) is 3.20. The smallest absolute Gasteiger partial charge is 0.419 e. The number of nitrogens with one attached hydrogen (secondary N) is 2. The van der Waals surface area contributed by atoms with Crippen LogP contribution >= 0.6 is 23.4 Å². The lowest BCUT2D eigenvalue weighted by Gasteiger charge is -2.27. The number of halogens is 5. The predicted octanol–water partition coefficient (Wildman–Crippen LogP) is 6.58. The molecule has 0 radical (unpaired) electrons. The van der Waals surface area contributed by atoms with Crippen molar-refractivity contribution in [1.29, 1.82) is 0 Å². The fourth-order valence-corrected chi connectivity index (χ4v) is 6.18. The highest BCUT2D eigenvalue weighted by Gasteiger charge is 2.38. The molecule has 0 aromatic heterocycles. The van der Waals surface area contributed by atoms with Crippen LogP contribution < -0.4 is 14.8 Å². The number of rotatable bonds is 7. The second kappa shape index (κ2) is 10.1. The lowest BCUT2D eigenvalue weighted by molar-refractivity contribution is -0.139. The predicted molar refractivity (Wildman–Crippen MR) is 131 cm³/mol. The molecule has 1 aliphatic heterocycles. The van der Waals surface area contributed by atoms with Crippen LogP contribution in [0.4, 0.5) is 23.2 Å². The Morgan fingerprint density at radius 2 is 1.75 bits per heavy atom. The minimum absolute atomic E-state index is 0.0810. The quantitative estimate of drug-likeness (QED) is 0.320. The average molecular weight is 561 g/mol. The van der Waals surface area contributed by atoms with Gasteiger partial charge >= 0.3 is 6.18 Å². The molecule has 192 valence electrons. The Bertz CT molecular complexity index is 1360. The van der Waals surface area contributed by atoms with Gasteiger partial charge in [-0.15, -0.1) is 0 Å². The van der Waals surface area contributed by atoms with Crippen LogP contribution in [0.25, 0.3) is 0 Å². The first-order valence-electron chi connectivity index (χ1n) is 10.7. The van der Waals surface area contributed by atoms with Gasteiger partial charge in [0, 0.05) is 28.8 Å². The second-order valence-corrected chi connectivity index (χ2v) is 11.6. The molecular weight excluding hydrogens is 540 g/mol. The monoisotopic (exact) mass is 560 g/mol. The number of ether oxygens (including phenoxy) is 1. The molecule has 12 heteroatoms. The normalized spacial score (nSPS) is 18.3. The summed E-state index contributed by atoms with van der Waals surface area (Å²) in [7, 11) is -4.24. The van der Waals surface area contributed by atoms with Crippen molar-refractivity contribution >= 4 is 39.1 Å². The van der Waals surface area contributed by atoms with Crippen LogP contribution in [0.1, 0.15) is 18.9 Å². The molecule has 1 fully saturated rings. The van der Waals surface area contributed by atoms with E-state index in [2.05, 4.69) is 10.0 Å². The Morgan fingerprint density at radius 3 is 2.36 bits per heavy atom. The summed E-state index contributed by atoms with van der Waals surface area (Å²) in [5.41, 5.74) is -1.97. The number of hydrogen-bond donors (Lipinski definition) is 2. The molecule has 0 spiro atoms. The van der Waals surface area contributed by atoms with Crippen molar-refractivity contribution in [2.24, 2.45) is 0 Å². The number of alkyl halides is 3. The number of hydrogen-bond acceptors (Lipinski definition) is 5. The molecule has 1 aliphatic rings. The van der Waals surface area contributed by atoms with Gasteiger partial charge < -0.3 is 10.1 Å². The minimum Gasteiger partial charge on any atom is -0.485 e. The van der Waals surface area contributed by atoms with E-state index in [0.29, 0.717) is 24.4 Å². The van der Waals surface area contributed by atoms with Crippen LogP contribution in [0.15, 0.2) is 75.4 Å². The molecule has 1 saturated heterocycles. The van der Waals surface area contributed by atoms with Crippen molar-refractivity contribution < 1.29 is 30.7 Å². The first-order valence-corrected chi connectivity index (χ1v) is 13.4. The van der Waals surface area contributed by atoms with Gasteiger partial charge in [0.25, 0.3) is 10.0 Å². The van der Waals surface area contributed by atoms with Gasteiger partial charge in [-0.25, -0.2) is 12.8 Å². The zero-order chi connectivity index (χ0) is 26.1. The zero-order valence-corrected chi connectivity index (χ0v) is 21.2. The lowest BCUT2D eigenvalue weighted by atomic mass is 10.1. The molecule has 5 nitrogen and oxygen atoms in total. The fourth-order valence-electron chi connectivity index (χ4n) is 3.66. The largest absolute Gasteiger partial charge is 0.485 e. The third-order valence-corrected chi connectivity index (χ3v) is 8.33. The maximum Gasteiger partial charge on any atom is 0.419 e. The standard InChI is InChI=1S/C24H21ClF4N2O3S2/c1-23(10-11-30-14-23)34-21-12-16(4-8-19(21)24(27,28)29)31-36(32,33)22-9-7-18(13-20(22)25)35-17-5-2-15(26)3-6-17/h2-9,12-13,30-31H,10-11,14H2,1H3/t23-/m1/s1. The van der Waals surface area contributed by atoms with Gasteiger partial charge in [0.1, 0.15) is 22.1 Å². The number of anilines is 1. The van der Waals surface area contributed by atoms with Gasteiger partial charge in [0.2, 0.25) is 0 Å². The molecule has 0 unspecified atom stereocenters. The number of sulfonamides is 1. The Morgan fingerprint density at radius 1 is 1.06 bits per heavy atom. The lowest BCUT2D eigenvalue weighted by Crippen LogP contribution is -2.35. The van der Waals surface area contributed by atoms with Crippen LogP contribution in [0.3, 0.4) is 0 Å². The van der Waals surface area contributed by atoms with E-state index in [1.54, 1.807) is 19.1 Å². The zero-order valence-electron chi connectivity index (χ0n) is 18.8. The summed E-state index contributed by atoms with van der Waals surface area (Å²) in [5, 5.41) is 2.96. The molecule has 1 heterocycles. The van der Waals surface area contributed by atoms with Gasteiger partial charge in [-0.05, 0) is 68.1 Å². The molecule has 0 bridgehead atoms. The molecule has 0 amide bonds. The first-order chi connectivity index (χ1) is 16.8. The maximum atomic E-state index is 13.6. The first kappa shape index (κ1) is 26.6. The van der Waals surface area contributed by atoms with Gasteiger partial charge in [0.15, 0.2) is 0 Å². The highest BCUT2D eigenvalue weighted by Crippen LogP contribution is 2.40. The summed E-state index contributed by atoms with van der Waals surface area (Å²) >= 11 is 7.51.